The van der Waals surface area contributed by atoms with Gasteiger partial charge < -0.3 is 9.47 Å². The van der Waals surface area contributed by atoms with Gasteiger partial charge >= 0.3 is 5.97 Å². The van der Waals surface area contributed by atoms with E-state index in [2.05, 4.69) is 6.07 Å². The molecule has 0 aliphatic heterocycles. The molecule has 3 aromatic carbocycles. The fourth-order valence-electron chi connectivity index (χ4n) is 2.56. The van der Waals surface area contributed by atoms with Crippen molar-refractivity contribution in [1.82, 2.24) is 0 Å². The molecule has 0 heterocycles. The van der Waals surface area contributed by atoms with Gasteiger partial charge in [0, 0.05) is 0 Å². The van der Waals surface area contributed by atoms with Crippen LogP contribution in [0.25, 0.3) is 11.6 Å². The largest absolute Gasteiger partial charge is 0.493 e. The molecule has 0 radical (unpaired) electrons. The summed E-state index contributed by atoms with van der Waals surface area (Å²) in [5.41, 5.74) is 2.59. The van der Waals surface area contributed by atoms with E-state index in [1.165, 1.54) is 7.11 Å². The number of hydrogen-bond donors (Lipinski definition) is 0. The van der Waals surface area contributed by atoms with Crippen LogP contribution in [0.3, 0.4) is 0 Å². The highest BCUT2D eigenvalue weighted by Crippen LogP contribution is 2.30. The third-order valence-corrected chi connectivity index (χ3v) is 3.92. The first-order chi connectivity index (χ1) is 13.2. The van der Waals surface area contributed by atoms with Gasteiger partial charge in [0.15, 0.2) is 11.5 Å². The van der Waals surface area contributed by atoms with Gasteiger partial charge in [-0.15, -0.1) is 0 Å². The number of rotatable bonds is 5. The molecule has 0 aliphatic rings. The predicted octanol–water partition coefficient (Wildman–Crippen LogP) is 4.98. The van der Waals surface area contributed by atoms with Crippen LogP contribution in [0.2, 0.25) is 0 Å². The summed E-state index contributed by atoms with van der Waals surface area (Å²) in [4.78, 5) is 12.2. The molecule has 27 heavy (non-hydrogen) atoms. The Labute approximate surface area is 157 Å². The smallest absolute Gasteiger partial charge is 0.343 e. The van der Waals surface area contributed by atoms with Crippen molar-refractivity contribution in [2.24, 2.45) is 0 Å². The molecule has 0 aliphatic carbocycles. The molecule has 0 saturated carbocycles. The molecule has 132 valence electrons. The molecule has 0 amide bonds. The monoisotopic (exact) mass is 355 g/mol. The van der Waals surface area contributed by atoms with Gasteiger partial charge in [0.25, 0.3) is 0 Å². The van der Waals surface area contributed by atoms with Gasteiger partial charge in [0.2, 0.25) is 0 Å². The number of nitrogens with zero attached hydrogens (tertiary/aromatic N) is 1. The van der Waals surface area contributed by atoms with Crippen molar-refractivity contribution < 1.29 is 14.3 Å². The maximum absolute atomic E-state index is 12.2. The van der Waals surface area contributed by atoms with E-state index in [0.29, 0.717) is 22.6 Å². The van der Waals surface area contributed by atoms with Gasteiger partial charge in [-0.1, -0.05) is 54.6 Å². The van der Waals surface area contributed by atoms with E-state index >= 15 is 0 Å². The molecular formula is C23H17NO3. The van der Waals surface area contributed by atoms with Crippen LogP contribution in [-0.4, -0.2) is 13.1 Å². The Hall–Kier alpha value is -3.84. The lowest BCUT2D eigenvalue weighted by molar-refractivity contribution is 0.0729. The zero-order valence-corrected chi connectivity index (χ0v) is 14.8. The van der Waals surface area contributed by atoms with Crippen molar-refractivity contribution in [3.05, 3.63) is 95.6 Å². The standard InChI is InChI=1S/C23H17NO3/c1-26-22-15-17(14-20(16-24)18-8-4-2-5-9-18)12-13-21(22)27-23(25)19-10-6-3-7-11-19/h2-15H,1H3/b20-14-. The summed E-state index contributed by atoms with van der Waals surface area (Å²) in [6.07, 6.45) is 1.76. The summed E-state index contributed by atoms with van der Waals surface area (Å²) in [7, 11) is 1.51. The van der Waals surface area contributed by atoms with E-state index in [0.717, 1.165) is 11.1 Å². The molecule has 0 unspecified atom stereocenters. The van der Waals surface area contributed by atoms with Crippen molar-refractivity contribution in [2.45, 2.75) is 0 Å². The van der Waals surface area contributed by atoms with E-state index in [1.54, 1.807) is 48.5 Å². The second kappa shape index (κ2) is 8.50. The van der Waals surface area contributed by atoms with Crippen LogP contribution in [0.1, 0.15) is 21.5 Å². The topological polar surface area (TPSA) is 59.3 Å². The first-order valence-corrected chi connectivity index (χ1v) is 8.34. The van der Waals surface area contributed by atoms with Gasteiger partial charge in [-0.25, -0.2) is 4.79 Å². The van der Waals surface area contributed by atoms with E-state index in [9.17, 15) is 10.1 Å². The number of methoxy groups -OCH3 is 1. The third kappa shape index (κ3) is 4.42. The number of carbonyl (C=O) groups excluding carboxylic acids is 1. The van der Waals surface area contributed by atoms with Crippen molar-refractivity contribution in [2.75, 3.05) is 7.11 Å². The molecule has 4 nitrogen and oxygen atoms in total. The van der Waals surface area contributed by atoms with Crippen LogP contribution < -0.4 is 9.47 Å². The van der Waals surface area contributed by atoms with E-state index < -0.39 is 5.97 Å². The van der Waals surface area contributed by atoms with Gasteiger partial charge in [-0.3, -0.25) is 0 Å². The Kier molecular flexibility index (Phi) is 5.66. The Bertz CT molecular complexity index is 1000. The number of esters is 1. The molecule has 0 N–H and O–H groups in total. The second-order valence-electron chi connectivity index (χ2n) is 5.70. The SMILES string of the molecule is COc1cc(/C=C(/C#N)c2ccccc2)ccc1OC(=O)c1ccccc1. The number of benzene rings is 3. The molecule has 3 aromatic rings. The quantitative estimate of drug-likeness (QED) is 0.280. The predicted molar refractivity (Wildman–Crippen MR) is 104 cm³/mol. The van der Waals surface area contributed by atoms with E-state index in [1.807, 2.05) is 36.4 Å². The molecule has 3 rings (SSSR count). The number of nitriles is 1. The fourth-order valence-corrected chi connectivity index (χ4v) is 2.56. The van der Waals surface area contributed by atoms with Gasteiger partial charge in [0.1, 0.15) is 0 Å². The van der Waals surface area contributed by atoms with Crippen molar-refractivity contribution >= 4 is 17.6 Å². The summed E-state index contributed by atoms with van der Waals surface area (Å²) in [6, 6.07) is 25.5. The Morgan fingerprint density at radius 3 is 2.11 bits per heavy atom. The van der Waals surface area contributed by atoms with Crippen LogP contribution in [-0.2, 0) is 0 Å². The minimum absolute atomic E-state index is 0.321. The van der Waals surface area contributed by atoms with Crippen LogP contribution >= 0.6 is 0 Å². The maximum atomic E-state index is 12.2. The van der Waals surface area contributed by atoms with Crippen LogP contribution in [0.15, 0.2) is 78.9 Å². The summed E-state index contributed by atoms with van der Waals surface area (Å²) in [5, 5.41) is 9.45. The lowest BCUT2D eigenvalue weighted by Gasteiger charge is -2.10. The Morgan fingerprint density at radius 2 is 1.52 bits per heavy atom. The lowest BCUT2D eigenvalue weighted by atomic mass is 10.0. The highest BCUT2D eigenvalue weighted by Gasteiger charge is 2.12. The lowest BCUT2D eigenvalue weighted by Crippen LogP contribution is -2.09. The van der Waals surface area contributed by atoms with Crippen LogP contribution in [0.4, 0.5) is 0 Å². The number of hydrogen-bond acceptors (Lipinski definition) is 4. The molecule has 0 spiro atoms. The molecule has 4 heteroatoms. The highest BCUT2D eigenvalue weighted by molar-refractivity contribution is 5.92. The summed E-state index contributed by atoms with van der Waals surface area (Å²) < 4.78 is 10.8. The van der Waals surface area contributed by atoms with Gasteiger partial charge in [-0.2, -0.15) is 5.26 Å². The van der Waals surface area contributed by atoms with Crippen LogP contribution in [0.5, 0.6) is 11.5 Å². The molecule has 0 fully saturated rings. The van der Waals surface area contributed by atoms with Gasteiger partial charge in [0.05, 0.1) is 24.3 Å². The number of ether oxygens (including phenoxy) is 2. The molecular weight excluding hydrogens is 338 g/mol. The Morgan fingerprint density at radius 1 is 0.889 bits per heavy atom. The fraction of sp³-hybridized carbons (Fsp3) is 0.0435. The zero-order chi connectivity index (χ0) is 19.1. The van der Waals surface area contributed by atoms with Crippen LogP contribution in [0, 0.1) is 11.3 Å². The molecule has 0 saturated heterocycles. The van der Waals surface area contributed by atoms with Gasteiger partial charge in [-0.05, 0) is 41.5 Å². The molecule has 0 bridgehead atoms. The number of carbonyl (C=O) groups is 1. The maximum Gasteiger partial charge on any atom is 0.343 e. The van der Waals surface area contributed by atoms with Crippen molar-refractivity contribution in [3.63, 3.8) is 0 Å². The highest BCUT2D eigenvalue weighted by atomic mass is 16.6. The van der Waals surface area contributed by atoms with E-state index in [-0.39, 0.29) is 0 Å². The zero-order valence-electron chi connectivity index (χ0n) is 14.8. The van der Waals surface area contributed by atoms with Crippen molar-refractivity contribution in [1.29, 1.82) is 5.26 Å². The minimum Gasteiger partial charge on any atom is -0.493 e. The second-order valence-corrected chi connectivity index (χ2v) is 5.70. The third-order valence-electron chi connectivity index (χ3n) is 3.92. The summed E-state index contributed by atoms with van der Waals surface area (Å²) in [5.74, 6) is 0.277. The molecule has 0 aromatic heterocycles. The average molecular weight is 355 g/mol. The van der Waals surface area contributed by atoms with E-state index in [4.69, 9.17) is 9.47 Å². The Balaban J connectivity index is 1.87. The summed E-state index contributed by atoms with van der Waals surface area (Å²) >= 11 is 0. The first-order valence-electron chi connectivity index (χ1n) is 8.34. The average Bonchev–Trinajstić information content (AvgIpc) is 2.74. The minimum atomic E-state index is -0.459. The normalized spacial score (nSPS) is 10.7. The van der Waals surface area contributed by atoms with Crippen molar-refractivity contribution in [3.8, 4) is 17.6 Å². The first kappa shape index (κ1) is 18.0. The molecule has 0 atom stereocenters. The number of allylic oxidation sites excluding steroid dienone is 1. The summed E-state index contributed by atoms with van der Waals surface area (Å²) in [6.45, 7) is 0.